The maximum absolute atomic E-state index is 8.78. The smallest absolute Gasteiger partial charge is 0.174 e. The lowest BCUT2D eigenvalue weighted by Gasteiger charge is -2.07. The summed E-state index contributed by atoms with van der Waals surface area (Å²) in [6.07, 6.45) is 0. The molecule has 1 aromatic carbocycles. The zero-order chi connectivity index (χ0) is 13.1. The van der Waals surface area contributed by atoms with E-state index in [2.05, 4.69) is 14.5 Å². The molecule has 0 radical (unpaired) electrons. The second-order valence-corrected chi connectivity index (χ2v) is 5.74. The fourth-order valence-electron chi connectivity index (χ4n) is 1.39. The van der Waals surface area contributed by atoms with Gasteiger partial charge in [-0.2, -0.15) is 4.37 Å². The molecule has 18 heavy (non-hydrogen) atoms. The van der Waals surface area contributed by atoms with Crippen molar-refractivity contribution in [2.45, 2.75) is 23.1 Å². The molecular weight excluding hydrogens is 268 g/mol. The Labute approximate surface area is 113 Å². The highest BCUT2D eigenvalue weighted by molar-refractivity contribution is 8.01. The van der Waals surface area contributed by atoms with Gasteiger partial charge in [0.05, 0.1) is 0 Å². The summed E-state index contributed by atoms with van der Waals surface area (Å²) in [6.45, 7) is 3.84. The maximum atomic E-state index is 8.78. The number of hydrogen-bond acceptors (Lipinski definition) is 6. The van der Waals surface area contributed by atoms with Crippen molar-refractivity contribution < 1.29 is 5.21 Å². The van der Waals surface area contributed by atoms with Crippen LogP contribution in [0.15, 0.2) is 32.6 Å². The van der Waals surface area contributed by atoms with Crippen LogP contribution in [0.2, 0.25) is 0 Å². The number of nitrogens with zero attached hydrogens (tertiary/aromatic N) is 3. The first kappa shape index (κ1) is 12.8. The first-order chi connectivity index (χ1) is 8.60. The quantitative estimate of drug-likeness (QED) is 0.390. The number of amidine groups is 1. The highest BCUT2D eigenvalue weighted by Gasteiger charge is 2.11. The van der Waals surface area contributed by atoms with Crippen LogP contribution in [0.25, 0.3) is 0 Å². The van der Waals surface area contributed by atoms with Crippen LogP contribution in [0.5, 0.6) is 0 Å². The lowest BCUT2D eigenvalue weighted by atomic mass is 10.1. The van der Waals surface area contributed by atoms with Crippen molar-refractivity contribution in [2.75, 3.05) is 0 Å². The fraction of sp³-hybridized carbons (Fsp3) is 0.182. The van der Waals surface area contributed by atoms with Crippen LogP contribution in [-0.4, -0.2) is 20.4 Å². The SMILES string of the molecule is Cc1ccc(C(N)=NO)c(Sc2nc(C)ns2)c1. The van der Waals surface area contributed by atoms with E-state index < -0.39 is 0 Å². The van der Waals surface area contributed by atoms with Crippen LogP contribution in [0, 0.1) is 13.8 Å². The summed E-state index contributed by atoms with van der Waals surface area (Å²) < 4.78 is 4.97. The van der Waals surface area contributed by atoms with Crippen molar-refractivity contribution in [3.8, 4) is 0 Å². The van der Waals surface area contributed by atoms with E-state index in [1.807, 2.05) is 32.0 Å². The Morgan fingerprint density at radius 1 is 1.44 bits per heavy atom. The third-order valence-electron chi connectivity index (χ3n) is 2.23. The molecule has 0 aliphatic heterocycles. The van der Waals surface area contributed by atoms with Crippen LogP contribution in [0.4, 0.5) is 0 Å². The van der Waals surface area contributed by atoms with Crippen LogP contribution in [0.1, 0.15) is 17.0 Å². The van der Waals surface area contributed by atoms with Crippen molar-refractivity contribution in [2.24, 2.45) is 10.9 Å². The molecule has 7 heteroatoms. The van der Waals surface area contributed by atoms with Gasteiger partial charge in [-0.3, -0.25) is 0 Å². The summed E-state index contributed by atoms with van der Waals surface area (Å²) in [7, 11) is 0. The molecule has 0 saturated carbocycles. The minimum absolute atomic E-state index is 0.0961. The van der Waals surface area contributed by atoms with E-state index in [0.717, 1.165) is 20.6 Å². The minimum Gasteiger partial charge on any atom is -0.409 e. The fourth-order valence-corrected chi connectivity index (χ4v) is 3.24. The van der Waals surface area contributed by atoms with Gasteiger partial charge in [0.15, 0.2) is 10.2 Å². The molecule has 94 valence electrons. The van der Waals surface area contributed by atoms with Gasteiger partial charge in [-0.05, 0) is 43.1 Å². The zero-order valence-electron chi connectivity index (χ0n) is 9.91. The first-order valence-electron chi connectivity index (χ1n) is 5.17. The predicted octanol–water partition coefficient (Wildman–Crippen LogP) is 2.40. The Morgan fingerprint density at radius 2 is 2.22 bits per heavy atom. The molecule has 0 bridgehead atoms. The monoisotopic (exact) mass is 280 g/mol. The second kappa shape index (κ2) is 5.36. The summed E-state index contributed by atoms with van der Waals surface area (Å²) in [5.74, 6) is 0.847. The molecule has 0 unspecified atom stereocenters. The van der Waals surface area contributed by atoms with Crippen LogP contribution in [0.3, 0.4) is 0 Å². The number of aromatic nitrogens is 2. The lowest BCUT2D eigenvalue weighted by molar-refractivity contribution is 0.318. The molecule has 2 aromatic rings. The van der Waals surface area contributed by atoms with Crippen molar-refractivity contribution in [1.82, 2.24) is 9.36 Å². The molecule has 0 spiro atoms. The standard InChI is InChI=1S/C11H12N4OS2/c1-6-3-4-8(10(12)14-16)9(5-6)17-11-13-7(2)15-18-11/h3-5,16H,1-2H3,(H2,12,14). The Hall–Kier alpha value is -1.60. The predicted molar refractivity (Wildman–Crippen MR) is 72.5 cm³/mol. The van der Waals surface area contributed by atoms with E-state index in [4.69, 9.17) is 10.9 Å². The Kier molecular flexibility index (Phi) is 3.83. The van der Waals surface area contributed by atoms with E-state index in [0.29, 0.717) is 5.56 Å². The Morgan fingerprint density at radius 3 is 2.83 bits per heavy atom. The normalized spacial score (nSPS) is 11.8. The second-order valence-electron chi connectivity index (χ2n) is 3.69. The topological polar surface area (TPSA) is 84.4 Å². The summed E-state index contributed by atoms with van der Waals surface area (Å²) >= 11 is 2.80. The van der Waals surface area contributed by atoms with E-state index in [1.54, 1.807) is 0 Å². The molecule has 0 amide bonds. The number of nitrogens with two attached hydrogens (primary N) is 1. The number of oxime groups is 1. The van der Waals surface area contributed by atoms with Gasteiger partial charge < -0.3 is 10.9 Å². The minimum atomic E-state index is 0.0961. The van der Waals surface area contributed by atoms with Gasteiger partial charge in [0.1, 0.15) is 5.82 Å². The largest absolute Gasteiger partial charge is 0.409 e. The Balaban J connectivity index is 2.39. The molecule has 1 heterocycles. The summed E-state index contributed by atoms with van der Waals surface area (Å²) in [4.78, 5) is 5.19. The molecule has 3 N–H and O–H groups in total. The maximum Gasteiger partial charge on any atom is 0.174 e. The van der Waals surface area contributed by atoms with Gasteiger partial charge in [-0.25, -0.2) is 4.98 Å². The molecule has 0 saturated heterocycles. The summed E-state index contributed by atoms with van der Waals surface area (Å²) in [5, 5.41) is 11.8. The molecule has 0 atom stereocenters. The van der Waals surface area contributed by atoms with E-state index in [-0.39, 0.29) is 5.84 Å². The molecule has 0 fully saturated rings. The van der Waals surface area contributed by atoms with Crippen LogP contribution >= 0.6 is 23.3 Å². The highest BCUT2D eigenvalue weighted by atomic mass is 32.2. The van der Waals surface area contributed by atoms with Gasteiger partial charge in [0.25, 0.3) is 0 Å². The molecule has 2 rings (SSSR count). The van der Waals surface area contributed by atoms with Gasteiger partial charge in [0.2, 0.25) is 0 Å². The van der Waals surface area contributed by atoms with Gasteiger partial charge in [-0.1, -0.05) is 23.0 Å². The molecule has 5 nitrogen and oxygen atoms in total. The third-order valence-corrected chi connectivity index (χ3v) is 4.13. The molecule has 0 aliphatic carbocycles. The van der Waals surface area contributed by atoms with E-state index in [1.165, 1.54) is 23.3 Å². The highest BCUT2D eigenvalue weighted by Crippen LogP contribution is 2.32. The number of benzene rings is 1. The summed E-state index contributed by atoms with van der Waals surface area (Å²) in [5.41, 5.74) is 7.46. The van der Waals surface area contributed by atoms with E-state index in [9.17, 15) is 0 Å². The first-order valence-corrected chi connectivity index (χ1v) is 6.76. The van der Waals surface area contributed by atoms with Crippen molar-refractivity contribution in [1.29, 1.82) is 0 Å². The molecule has 0 aliphatic rings. The Bertz CT molecular complexity index is 594. The molecular formula is C11H12N4OS2. The van der Waals surface area contributed by atoms with Gasteiger partial charge in [0, 0.05) is 10.5 Å². The molecule has 1 aromatic heterocycles. The number of aryl methyl sites for hydroxylation is 2. The van der Waals surface area contributed by atoms with Crippen LogP contribution in [-0.2, 0) is 0 Å². The van der Waals surface area contributed by atoms with Crippen molar-refractivity contribution in [3.05, 3.63) is 35.2 Å². The van der Waals surface area contributed by atoms with Gasteiger partial charge >= 0.3 is 0 Å². The van der Waals surface area contributed by atoms with Crippen molar-refractivity contribution in [3.63, 3.8) is 0 Å². The van der Waals surface area contributed by atoms with Crippen LogP contribution < -0.4 is 5.73 Å². The third kappa shape index (κ3) is 2.80. The lowest BCUT2D eigenvalue weighted by Crippen LogP contribution is -2.14. The van der Waals surface area contributed by atoms with Gasteiger partial charge in [-0.15, -0.1) is 0 Å². The number of rotatable bonds is 3. The van der Waals surface area contributed by atoms with Crippen molar-refractivity contribution >= 4 is 29.1 Å². The zero-order valence-corrected chi connectivity index (χ0v) is 11.5. The number of hydrogen-bond donors (Lipinski definition) is 2. The van der Waals surface area contributed by atoms with E-state index >= 15 is 0 Å². The summed E-state index contributed by atoms with van der Waals surface area (Å²) in [6, 6.07) is 5.73. The average molecular weight is 280 g/mol. The average Bonchev–Trinajstić information content (AvgIpc) is 2.74.